The number of aromatic amines is 1. The maximum Gasteiger partial charge on any atom is 0.349 e. The van der Waals surface area contributed by atoms with Gasteiger partial charge in [-0.05, 0) is 37.0 Å². The summed E-state index contributed by atoms with van der Waals surface area (Å²) in [7, 11) is 0. The Morgan fingerprint density at radius 2 is 2.22 bits per heavy atom. The Morgan fingerprint density at radius 1 is 1.30 bits per heavy atom. The molecule has 0 amide bonds. The van der Waals surface area contributed by atoms with Crippen molar-refractivity contribution in [2.75, 3.05) is 0 Å². The molecule has 5 rings (SSSR count). The number of nitrogens with zero attached hydrogens (tertiary/aromatic N) is 3. The van der Waals surface area contributed by atoms with E-state index in [2.05, 4.69) is 15.1 Å². The van der Waals surface area contributed by atoms with Crippen LogP contribution in [0.5, 0.6) is 5.75 Å². The summed E-state index contributed by atoms with van der Waals surface area (Å²) >= 11 is 1.65. The van der Waals surface area contributed by atoms with Crippen LogP contribution in [0, 0.1) is 0 Å². The molecule has 0 spiro atoms. The zero-order valence-corrected chi connectivity index (χ0v) is 12.9. The average molecular weight is 324 g/mol. The average Bonchev–Trinajstić information content (AvgIpc) is 3.20. The number of rotatable bonds is 1. The van der Waals surface area contributed by atoms with E-state index in [1.54, 1.807) is 29.5 Å². The molecule has 0 radical (unpaired) electrons. The normalized spacial score (nSPS) is 13.9. The van der Waals surface area contributed by atoms with Crippen molar-refractivity contribution in [2.24, 2.45) is 0 Å². The van der Waals surface area contributed by atoms with Crippen LogP contribution in [0.3, 0.4) is 0 Å². The fourth-order valence-electron chi connectivity index (χ4n) is 3.26. The maximum absolute atomic E-state index is 12.3. The Kier molecular flexibility index (Phi) is 2.47. The first-order chi connectivity index (χ1) is 11.2. The van der Waals surface area contributed by atoms with Gasteiger partial charge in [0.2, 0.25) is 0 Å². The number of hydrogen-bond donors (Lipinski definition) is 2. The standard InChI is InChI=1S/C16H12N4O2S/c21-9-4-1-3-8(7-9)13-17-14-12-10-5-2-6-11(10)23-15(12)18-16(22)20(14)19-13/h1,3-4,7,21H,2,5-6H2,(H,18,22). The topological polar surface area (TPSA) is 83.3 Å². The number of thiophene rings is 1. The molecule has 0 saturated heterocycles. The number of nitrogens with one attached hydrogen (secondary N) is 1. The van der Waals surface area contributed by atoms with E-state index in [4.69, 9.17) is 0 Å². The number of hydrogen-bond acceptors (Lipinski definition) is 5. The molecule has 0 unspecified atom stereocenters. The third-order valence-electron chi connectivity index (χ3n) is 4.27. The quantitative estimate of drug-likeness (QED) is 0.563. The largest absolute Gasteiger partial charge is 0.508 e. The highest BCUT2D eigenvalue weighted by Gasteiger charge is 2.22. The number of phenols is 1. The summed E-state index contributed by atoms with van der Waals surface area (Å²) < 4.78 is 1.33. The number of phenolic OH excluding ortho intramolecular Hbond substituents is 1. The van der Waals surface area contributed by atoms with Crippen molar-refractivity contribution >= 4 is 27.2 Å². The summed E-state index contributed by atoms with van der Waals surface area (Å²) in [5.74, 6) is 0.591. The van der Waals surface area contributed by atoms with Crippen LogP contribution in [-0.4, -0.2) is 24.7 Å². The van der Waals surface area contributed by atoms with Crippen LogP contribution in [0.2, 0.25) is 0 Å². The van der Waals surface area contributed by atoms with Crippen molar-refractivity contribution in [3.8, 4) is 17.1 Å². The molecule has 0 fully saturated rings. The first kappa shape index (κ1) is 12.8. The molecule has 1 aromatic carbocycles. The van der Waals surface area contributed by atoms with Gasteiger partial charge in [-0.25, -0.2) is 9.78 Å². The molecule has 0 saturated carbocycles. The summed E-state index contributed by atoms with van der Waals surface area (Å²) in [6, 6.07) is 6.74. The van der Waals surface area contributed by atoms with Gasteiger partial charge < -0.3 is 5.11 Å². The van der Waals surface area contributed by atoms with Gasteiger partial charge in [-0.1, -0.05) is 12.1 Å². The van der Waals surface area contributed by atoms with Gasteiger partial charge >= 0.3 is 5.69 Å². The van der Waals surface area contributed by atoms with Gasteiger partial charge in [0, 0.05) is 10.4 Å². The van der Waals surface area contributed by atoms with E-state index in [9.17, 15) is 9.90 Å². The van der Waals surface area contributed by atoms with Crippen LogP contribution in [-0.2, 0) is 12.8 Å². The summed E-state index contributed by atoms with van der Waals surface area (Å²) in [6.45, 7) is 0. The van der Waals surface area contributed by atoms with Gasteiger partial charge in [0.05, 0.1) is 5.39 Å². The molecule has 23 heavy (non-hydrogen) atoms. The van der Waals surface area contributed by atoms with Crippen molar-refractivity contribution in [2.45, 2.75) is 19.3 Å². The molecule has 4 aromatic rings. The molecular weight excluding hydrogens is 312 g/mol. The van der Waals surface area contributed by atoms with E-state index < -0.39 is 0 Å². The summed E-state index contributed by atoms with van der Waals surface area (Å²) in [5.41, 5.74) is 2.29. The first-order valence-corrected chi connectivity index (χ1v) is 8.25. The van der Waals surface area contributed by atoms with Crippen molar-refractivity contribution < 1.29 is 5.11 Å². The van der Waals surface area contributed by atoms with Gasteiger partial charge in [-0.3, -0.25) is 4.98 Å². The fourth-order valence-corrected chi connectivity index (χ4v) is 4.54. The SMILES string of the molecule is O=c1[nH]c2sc3c(c2c2nc(-c4cccc(O)c4)nn12)CCC3. The molecule has 114 valence electrons. The highest BCUT2D eigenvalue weighted by molar-refractivity contribution is 7.19. The lowest BCUT2D eigenvalue weighted by Crippen LogP contribution is -2.17. The Labute approximate surface area is 134 Å². The van der Waals surface area contributed by atoms with Gasteiger partial charge in [-0.15, -0.1) is 16.4 Å². The molecule has 3 aromatic heterocycles. The van der Waals surface area contributed by atoms with Gasteiger partial charge in [0.25, 0.3) is 0 Å². The second-order valence-corrected chi connectivity index (χ2v) is 6.82. The molecule has 0 atom stereocenters. The summed E-state index contributed by atoms with van der Waals surface area (Å²) in [6.07, 6.45) is 3.23. The number of aromatic hydroxyl groups is 1. The Hall–Kier alpha value is -2.67. The molecule has 3 heterocycles. The van der Waals surface area contributed by atoms with E-state index >= 15 is 0 Å². The number of aryl methyl sites for hydroxylation is 2. The van der Waals surface area contributed by atoms with E-state index in [-0.39, 0.29) is 11.4 Å². The van der Waals surface area contributed by atoms with Crippen LogP contribution < -0.4 is 5.69 Å². The van der Waals surface area contributed by atoms with Crippen molar-refractivity contribution in [1.82, 2.24) is 19.6 Å². The molecular formula is C16H12N4O2S. The highest BCUT2D eigenvalue weighted by Crippen LogP contribution is 2.37. The van der Waals surface area contributed by atoms with E-state index in [1.165, 1.54) is 15.0 Å². The minimum absolute atomic E-state index is 0.150. The second-order valence-electron chi connectivity index (χ2n) is 5.71. The smallest absolute Gasteiger partial charge is 0.349 e. The third-order valence-corrected chi connectivity index (χ3v) is 5.48. The summed E-state index contributed by atoms with van der Waals surface area (Å²) in [4.78, 5) is 22.0. The zero-order chi connectivity index (χ0) is 15.6. The van der Waals surface area contributed by atoms with Crippen molar-refractivity contribution in [3.05, 3.63) is 45.2 Å². The number of aromatic nitrogens is 4. The first-order valence-electron chi connectivity index (χ1n) is 7.43. The number of fused-ring (bicyclic) bond motifs is 5. The van der Waals surface area contributed by atoms with Crippen LogP contribution in [0.15, 0.2) is 29.1 Å². The summed E-state index contributed by atoms with van der Waals surface area (Å²) in [5, 5.41) is 15.0. The molecule has 0 aliphatic heterocycles. The van der Waals surface area contributed by atoms with Crippen LogP contribution in [0.1, 0.15) is 16.9 Å². The number of benzene rings is 1. The molecule has 0 bridgehead atoms. The predicted octanol–water partition coefficient (Wildman–Crippen LogP) is 2.49. The zero-order valence-electron chi connectivity index (χ0n) is 12.0. The van der Waals surface area contributed by atoms with E-state index in [0.717, 1.165) is 29.5 Å². The second kappa shape index (κ2) is 4.42. The number of H-pyrrole nitrogens is 1. The minimum atomic E-state index is -0.286. The fraction of sp³-hybridized carbons (Fsp3) is 0.188. The molecule has 6 nitrogen and oxygen atoms in total. The monoisotopic (exact) mass is 324 g/mol. The lowest BCUT2D eigenvalue weighted by molar-refractivity contribution is 0.475. The van der Waals surface area contributed by atoms with Crippen molar-refractivity contribution in [3.63, 3.8) is 0 Å². The van der Waals surface area contributed by atoms with E-state index in [0.29, 0.717) is 17.0 Å². The molecule has 2 N–H and O–H groups in total. The van der Waals surface area contributed by atoms with Crippen LogP contribution in [0.25, 0.3) is 27.3 Å². The molecule has 1 aliphatic rings. The predicted molar refractivity (Wildman–Crippen MR) is 88.1 cm³/mol. The Balaban J connectivity index is 1.87. The third kappa shape index (κ3) is 1.77. The molecule has 1 aliphatic carbocycles. The maximum atomic E-state index is 12.3. The van der Waals surface area contributed by atoms with Gasteiger partial charge in [-0.2, -0.15) is 4.52 Å². The Bertz CT molecular complexity index is 1140. The highest BCUT2D eigenvalue weighted by atomic mass is 32.1. The minimum Gasteiger partial charge on any atom is -0.508 e. The van der Waals surface area contributed by atoms with Gasteiger partial charge in [0.1, 0.15) is 10.6 Å². The van der Waals surface area contributed by atoms with Crippen molar-refractivity contribution in [1.29, 1.82) is 0 Å². The van der Waals surface area contributed by atoms with E-state index in [1.807, 2.05) is 6.07 Å². The lowest BCUT2D eigenvalue weighted by Gasteiger charge is -1.95. The van der Waals surface area contributed by atoms with Crippen LogP contribution >= 0.6 is 11.3 Å². The molecule has 7 heteroatoms. The van der Waals surface area contributed by atoms with Gasteiger partial charge in [0.15, 0.2) is 11.5 Å². The Morgan fingerprint density at radius 3 is 3.09 bits per heavy atom. The van der Waals surface area contributed by atoms with Crippen LogP contribution in [0.4, 0.5) is 0 Å². The lowest BCUT2D eigenvalue weighted by atomic mass is 10.2.